The predicted octanol–water partition coefficient (Wildman–Crippen LogP) is 2.88. The monoisotopic (exact) mass is 476 g/mol. The Bertz CT molecular complexity index is 673. The third-order valence-electron chi connectivity index (χ3n) is 4.31. The first kappa shape index (κ1) is 29.7. The molecule has 0 fully saturated rings. The molecule has 0 spiro atoms. The van der Waals surface area contributed by atoms with Gasteiger partial charge < -0.3 is 28.9 Å². The lowest BCUT2D eigenvalue weighted by Crippen LogP contribution is -2.20. The summed E-state index contributed by atoms with van der Waals surface area (Å²) < 4.78 is 27.0. The highest BCUT2D eigenvalue weighted by Gasteiger charge is 2.41. The van der Waals surface area contributed by atoms with Crippen LogP contribution in [0, 0.1) is 0 Å². The van der Waals surface area contributed by atoms with Crippen LogP contribution in [-0.4, -0.2) is 51.5 Å². The normalized spacial score (nSPS) is 15.4. The van der Waals surface area contributed by atoms with Gasteiger partial charge in [-0.05, 0) is 19.3 Å². The van der Waals surface area contributed by atoms with Crippen LogP contribution >= 0.6 is 7.82 Å². The standard InChI is InChI=1S/C21H33O10P/c1-7-16(22)10-13(4)19(25)29-32(28,30-20(26)14(5)11-17(23)8-2)31-21(27)15(6)12-18(24)9-3/h16-18,22-24H,4-12H2,1-3H3. The highest BCUT2D eigenvalue weighted by molar-refractivity contribution is 7.50. The maximum absolute atomic E-state index is 13.0. The summed E-state index contributed by atoms with van der Waals surface area (Å²) in [4.78, 5) is 36.7. The van der Waals surface area contributed by atoms with Crippen molar-refractivity contribution in [1.29, 1.82) is 0 Å². The molecule has 3 atom stereocenters. The van der Waals surface area contributed by atoms with Gasteiger partial charge in [0.15, 0.2) is 0 Å². The molecule has 3 unspecified atom stereocenters. The fraction of sp³-hybridized carbons (Fsp3) is 0.571. The van der Waals surface area contributed by atoms with Crippen molar-refractivity contribution in [3.8, 4) is 0 Å². The first-order valence-electron chi connectivity index (χ1n) is 10.2. The number of aliphatic hydroxyl groups excluding tert-OH is 3. The molecule has 0 aliphatic carbocycles. The lowest BCUT2D eigenvalue weighted by atomic mass is 10.1. The van der Waals surface area contributed by atoms with E-state index < -0.39 is 44.0 Å². The van der Waals surface area contributed by atoms with Crippen molar-refractivity contribution in [2.75, 3.05) is 0 Å². The van der Waals surface area contributed by atoms with E-state index in [1.165, 1.54) is 0 Å². The second-order valence-corrected chi connectivity index (χ2v) is 8.63. The van der Waals surface area contributed by atoms with Crippen LogP contribution < -0.4 is 0 Å². The quantitative estimate of drug-likeness (QED) is 0.237. The summed E-state index contributed by atoms with van der Waals surface area (Å²) in [5.41, 5.74) is -0.897. The Labute approximate surface area is 188 Å². The number of rotatable bonds is 15. The van der Waals surface area contributed by atoms with Gasteiger partial charge in [-0.2, -0.15) is 4.57 Å². The minimum atomic E-state index is -5.18. The van der Waals surface area contributed by atoms with Crippen molar-refractivity contribution in [2.45, 2.75) is 77.6 Å². The molecule has 0 rings (SSSR count). The van der Waals surface area contributed by atoms with E-state index in [0.29, 0.717) is 19.3 Å². The van der Waals surface area contributed by atoms with E-state index in [1.54, 1.807) is 20.8 Å². The van der Waals surface area contributed by atoms with E-state index in [1.807, 2.05) is 0 Å². The third-order valence-corrected chi connectivity index (χ3v) is 5.48. The summed E-state index contributed by atoms with van der Waals surface area (Å²) in [6.07, 6.45) is -2.54. The Morgan fingerprint density at radius 2 is 0.875 bits per heavy atom. The van der Waals surface area contributed by atoms with Gasteiger partial charge in [0.2, 0.25) is 0 Å². The van der Waals surface area contributed by atoms with Gasteiger partial charge in [-0.15, -0.1) is 0 Å². The number of hydrogen-bond donors (Lipinski definition) is 3. The summed E-state index contributed by atoms with van der Waals surface area (Å²) in [5.74, 6) is -3.96. The molecule has 10 nitrogen and oxygen atoms in total. The summed E-state index contributed by atoms with van der Waals surface area (Å²) in [7, 11) is -5.18. The molecule has 0 aromatic rings. The molecule has 0 bridgehead atoms. The highest BCUT2D eigenvalue weighted by atomic mass is 31.2. The Hall–Kier alpha value is -2.26. The smallest absolute Gasteiger partial charge is 0.393 e. The second kappa shape index (κ2) is 14.0. The van der Waals surface area contributed by atoms with Gasteiger partial charge in [-0.25, -0.2) is 14.4 Å². The Morgan fingerprint density at radius 1 is 0.656 bits per heavy atom. The molecule has 0 saturated carbocycles. The lowest BCUT2D eigenvalue weighted by molar-refractivity contribution is -0.140. The maximum atomic E-state index is 13.0. The molecule has 0 aliphatic heterocycles. The molecule has 0 radical (unpaired) electrons. The van der Waals surface area contributed by atoms with Crippen LogP contribution in [0.4, 0.5) is 0 Å². The van der Waals surface area contributed by atoms with Crippen LogP contribution in [0.5, 0.6) is 0 Å². The van der Waals surface area contributed by atoms with Crippen molar-refractivity contribution in [2.24, 2.45) is 0 Å². The van der Waals surface area contributed by atoms with Gasteiger partial charge in [0.05, 0.1) is 18.3 Å². The fourth-order valence-electron chi connectivity index (χ4n) is 2.09. The molecule has 3 N–H and O–H groups in total. The molecular formula is C21H33O10P. The summed E-state index contributed by atoms with van der Waals surface area (Å²) >= 11 is 0. The number of phosphoric acid groups is 1. The Morgan fingerprint density at radius 3 is 1.06 bits per heavy atom. The SMILES string of the molecule is C=C(CC(O)CC)C(=O)OP(=O)(OC(=O)C(=C)CC(O)CC)OC(=O)C(=C)CC(O)CC. The third kappa shape index (κ3) is 10.9. The number of aliphatic hydroxyl groups is 3. The Balaban J connectivity index is 5.59. The van der Waals surface area contributed by atoms with Crippen molar-refractivity contribution < 1.29 is 47.8 Å². The number of carbonyl (C=O) groups excluding carboxylic acids is 3. The maximum Gasteiger partial charge on any atom is 0.654 e. The van der Waals surface area contributed by atoms with Crippen LogP contribution in [-0.2, 0) is 32.5 Å². The van der Waals surface area contributed by atoms with Crippen LogP contribution in [0.2, 0.25) is 0 Å². The van der Waals surface area contributed by atoms with E-state index in [9.17, 15) is 34.3 Å². The van der Waals surface area contributed by atoms with Gasteiger partial charge in [0.1, 0.15) is 0 Å². The average molecular weight is 476 g/mol. The van der Waals surface area contributed by atoms with Crippen molar-refractivity contribution in [3.63, 3.8) is 0 Å². The molecule has 0 heterocycles. The minimum absolute atomic E-state index is 0.220. The van der Waals surface area contributed by atoms with Crippen molar-refractivity contribution in [3.05, 3.63) is 36.5 Å². The van der Waals surface area contributed by atoms with Crippen molar-refractivity contribution in [1.82, 2.24) is 0 Å². The summed E-state index contributed by atoms with van der Waals surface area (Å²) in [5, 5.41) is 28.9. The van der Waals surface area contributed by atoms with E-state index >= 15 is 0 Å². The summed E-state index contributed by atoms with van der Waals surface area (Å²) in [6.45, 7) is 15.2. The molecule has 32 heavy (non-hydrogen) atoms. The zero-order valence-corrected chi connectivity index (χ0v) is 19.6. The molecule has 0 aliphatic rings. The number of carbonyl (C=O) groups is 3. The van der Waals surface area contributed by atoms with Crippen LogP contribution in [0.15, 0.2) is 36.5 Å². The zero-order valence-electron chi connectivity index (χ0n) is 18.7. The molecule has 0 aromatic carbocycles. The molecule has 0 aromatic heterocycles. The highest BCUT2D eigenvalue weighted by Crippen LogP contribution is 2.51. The van der Waals surface area contributed by atoms with Gasteiger partial charge in [0, 0.05) is 36.0 Å². The minimum Gasteiger partial charge on any atom is -0.393 e. The fourth-order valence-corrected chi connectivity index (χ4v) is 3.20. The van der Waals surface area contributed by atoms with Gasteiger partial charge in [0.25, 0.3) is 0 Å². The topological polar surface area (TPSA) is 157 Å². The first-order valence-corrected chi connectivity index (χ1v) is 11.6. The summed E-state index contributed by atoms with van der Waals surface area (Å²) in [6, 6.07) is 0. The van der Waals surface area contributed by atoms with E-state index in [2.05, 4.69) is 33.3 Å². The largest absolute Gasteiger partial charge is 0.654 e. The first-order chi connectivity index (χ1) is 14.8. The predicted molar refractivity (Wildman–Crippen MR) is 116 cm³/mol. The van der Waals surface area contributed by atoms with Gasteiger partial charge >= 0.3 is 25.7 Å². The van der Waals surface area contributed by atoms with E-state index in [-0.39, 0.29) is 36.0 Å². The lowest BCUT2D eigenvalue weighted by Gasteiger charge is -2.19. The van der Waals surface area contributed by atoms with Crippen LogP contribution in [0.3, 0.4) is 0 Å². The van der Waals surface area contributed by atoms with E-state index in [0.717, 1.165) is 0 Å². The molecule has 0 amide bonds. The second-order valence-electron chi connectivity index (χ2n) is 7.19. The molecular weight excluding hydrogens is 443 g/mol. The average Bonchev–Trinajstić information content (AvgIpc) is 2.72. The van der Waals surface area contributed by atoms with Gasteiger partial charge in [-0.3, -0.25) is 0 Å². The van der Waals surface area contributed by atoms with Crippen molar-refractivity contribution >= 4 is 25.7 Å². The van der Waals surface area contributed by atoms with E-state index in [4.69, 9.17) is 0 Å². The number of hydrogen-bond acceptors (Lipinski definition) is 10. The zero-order chi connectivity index (χ0) is 25.1. The van der Waals surface area contributed by atoms with Crippen LogP contribution in [0.25, 0.3) is 0 Å². The molecule has 11 heteroatoms. The Kier molecular flexibility index (Phi) is 13.0. The van der Waals surface area contributed by atoms with Gasteiger partial charge in [-0.1, -0.05) is 40.5 Å². The van der Waals surface area contributed by atoms with Crippen LogP contribution in [0.1, 0.15) is 59.3 Å². The number of phosphoric ester groups is 1. The molecule has 182 valence electrons. The molecule has 0 saturated heterocycles.